The van der Waals surface area contributed by atoms with Crippen molar-refractivity contribution in [2.24, 2.45) is 0 Å². The summed E-state index contributed by atoms with van der Waals surface area (Å²) in [6, 6.07) is 8.40. The lowest BCUT2D eigenvalue weighted by Crippen LogP contribution is -2.40. The van der Waals surface area contributed by atoms with Crippen LogP contribution in [0.1, 0.15) is 141 Å². The van der Waals surface area contributed by atoms with Crippen molar-refractivity contribution < 1.29 is 19.5 Å². The van der Waals surface area contributed by atoms with Gasteiger partial charge in [0, 0.05) is 19.4 Å². The Balaban J connectivity index is 2.11. The van der Waals surface area contributed by atoms with Crippen LogP contribution in [-0.2, 0) is 14.4 Å². The van der Waals surface area contributed by atoms with E-state index >= 15 is 0 Å². The van der Waals surface area contributed by atoms with Crippen LogP contribution in [0.3, 0.4) is 0 Å². The summed E-state index contributed by atoms with van der Waals surface area (Å²) in [6.07, 6.45) is 21.4. The molecule has 1 rings (SSSR count). The summed E-state index contributed by atoms with van der Waals surface area (Å²) in [4.78, 5) is 35.9. The van der Waals surface area contributed by atoms with E-state index in [-0.39, 0.29) is 24.8 Å². The smallest absolute Gasteiger partial charge is 0.303 e. The van der Waals surface area contributed by atoms with Crippen LogP contribution in [0.5, 0.6) is 0 Å². The van der Waals surface area contributed by atoms with Crippen molar-refractivity contribution in [2.45, 2.75) is 135 Å². The van der Waals surface area contributed by atoms with Gasteiger partial charge in [-0.3, -0.25) is 14.4 Å². The summed E-state index contributed by atoms with van der Waals surface area (Å²) < 4.78 is 0. The highest BCUT2D eigenvalue weighted by Crippen LogP contribution is 2.16. The summed E-state index contributed by atoms with van der Waals surface area (Å²) in [5.41, 5.74) is 0.721. The maximum Gasteiger partial charge on any atom is 0.303 e. The molecule has 0 radical (unpaired) electrons. The molecule has 0 saturated carbocycles. The fourth-order valence-corrected chi connectivity index (χ4v) is 4.57. The number of unbranched alkanes of at least 4 members (excludes halogenated alkanes) is 15. The number of aliphatic carboxylic acids is 1. The summed E-state index contributed by atoms with van der Waals surface area (Å²) in [5, 5.41) is 14.4. The van der Waals surface area contributed by atoms with Crippen LogP contribution < -0.4 is 10.6 Å². The number of carboxylic acids is 1. The SMILES string of the molecule is CCCCCCCCCCCCCCCCCCC(=O)NC(C(=O)NCCCC(=O)O)c1ccccc1. The minimum Gasteiger partial charge on any atom is -0.481 e. The van der Waals surface area contributed by atoms with Crippen molar-refractivity contribution in [1.29, 1.82) is 0 Å². The highest BCUT2D eigenvalue weighted by molar-refractivity contribution is 5.88. The molecule has 1 aromatic rings. The second-order valence-electron chi connectivity index (χ2n) is 10.3. The average molecular weight is 517 g/mol. The molecule has 0 spiro atoms. The number of amides is 2. The summed E-state index contributed by atoms with van der Waals surface area (Å²) >= 11 is 0. The third-order valence-electron chi connectivity index (χ3n) is 6.82. The van der Waals surface area contributed by atoms with Gasteiger partial charge in [-0.15, -0.1) is 0 Å². The summed E-state index contributed by atoms with van der Waals surface area (Å²) in [5.74, 6) is -1.32. The lowest BCUT2D eigenvalue weighted by atomic mass is 10.0. The first kappa shape index (κ1) is 32.7. The fourth-order valence-electron chi connectivity index (χ4n) is 4.57. The molecule has 0 bridgehead atoms. The first-order chi connectivity index (χ1) is 18.0. The number of carbonyl (C=O) groups excluding carboxylic acids is 2. The van der Waals surface area contributed by atoms with Gasteiger partial charge in [0.05, 0.1) is 0 Å². The molecule has 0 aliphatic carbocycles. The van der Waals surface area contributed by atoms with Crippen LogP contribution in [0.2, 0.25) is 0 Å². The largest absolute Gasteiger partial charge is 0.481 e. The van der Waals surface area contributed by atoms with E-state index in [1.54, 1.807) is 0 Å². The minimum absolute atomic E-state index is 0.00188. The zero-order valence-electron chi connectivity index (χ0n) is 23.3. The number of hydrogen-bond donors (Lipinski definition) is 3. The van der Waals surface area contributed by atoms with Crippen LogP contribution >= 0.6 is 0 Å². The predicted octanol–water partition coefficient (Wildman–Crippen LogP) is 7.48. The number of carboxylic acid groups (broad SMARTS) is 1. The topological polar surface area (TPSA) is 95.5 Å². The zero-order chi connectivity index (χ0) is 27.0. The quantitative estimate of drug-likeness (QED) is 0.124. The Kier molecular flexibility index (Phi) is 20.1. The molecule has 1 aromatic carbocycles. The van der Waals surface area contributed by atoms with E-state index < -0.39 is 12.0 Å². The first-order valence-corrected chi connectivity index (χ1v) is 14.9. The lowest BCUT2D eigenvalue weighted by Gasteiger charge is -2.19. The van der Waals surface area contributed by atoms with Crippen molar-refractivity contribution >= 4 is 17.8 Å². The highest BCUT2D eigenvalue weighted by Gasteiger charge is 2.22. The zero-order valence-corrected chi connectivity index (χ0v) is 23.3. The number of nitrogens with one attached hydrogen (secondary N) is 2. The molecule has 2 amide bonds. The molecule has 1 atom stereocenters. The molecular weight excluding hydrogens is 464 g/mol. The van der Waals surface area contributed by atoms with Gasteiger partial charge in [-0.05, 0) is 18.4 Å². The molecular formula is C31H52N2O4. The third kappa shape index (κ3) is 18.5. The molecule has 0 saturated heterocycles. The van der Waals surface area contributed by atoms with E-state index in [9.17, 15) is 14.4 Å². The summed E-state index contributed by atoms with van der Waals surface area (Å²) in [7, 11) is 0. The molecule has 0 aliphatic rings. The maximum atomic E-state index is 12.7. The lowest BCUT2D eigenvalue weighted by molar-refractivity contribution is -0.137. The molecule has 0 heterocycles. The van der Waals surface area contributed by atoms with Gasteiger partial charge in [-0.25, -0.2) is 0 Å². The van der Waals surface area contributed by atoms with Crippen molar-refractivity contribution in [2.75, 3.05) is 6.54 Å². The second kappa shape index (κ2) is 22.8. The monoisotopic (exact) mass is 516 g/mol. The molecule has 37 heavy (non-hydrogen) atoms. The minimum atomic E-state index is -0.888. The van der Waals surface area contributed by atoms with Crippen LogP contribution in [-0.4, -0.2) is 29.4 Å². The molecule has 6 nitrogen and oxygen atoms in total. The Morgan fingerprint density at radius 1 is 0.676 bits per heavy atom. The van der Waals surface area contributed by atoms with E-state index in [4.69, 9.17) is 5.11 Å². The van der Waals surface area contributed by atoms with Gasteiger partial charge in [0.2, 0.25) is 11.8 Å². The molecule has 210 valence electrons. The fraction of sp³-hybridized carbons (Fsp3) is 0.710. The molecule has 0 aromatic heterocycles. The average Bonchev–Trinajstić information content (AvgIpc) is 2.89. The van der Waals surface area contributed by atoms with E-state index in [0.717, 1.165) is 24.8 Å². The van der Waals surface area contributed by atoms with Gasteiger partial charge in [-0.1, -0.05) is 134 Å². The van der Waals surface area contributed by atoms with Crippen molar-refractivity contribution in [1.82, 2.24) is 10.6 Å². The molecule has 3 N–H and O–H groups in total. The molecule has 1 unspecified atom stereocenters. The van der Waals surface area contributed by atoms with Gasteiger partial charge < -0.3 is 15.7 Å². The molecule has 6 heteroatoms. The van der Waals surface area contributed by atoms with Crippen molar-refractivity contribution in [3.05, 3.63) is 35.9 Å². The van der Waals surface area contributed by atoms with Gasteiger partial charge in [-0.2, -0.15) is 0 Å². The predicted molar refractivity (Wildman–Crippen MR) is 151 cm³/mol. The number of rotatable bonds is 24. The van der Waals surface area contributed by atoms with Crippen molar-refractivity contribution in [3.8, 4) is 0 Å². The van der Waals surface area contributed by atoms with Crippen LogP contribution in [0.4, 0.5) is 0 Å². The van der Waals surface area contributed by atoms with Crippen molar-refractivity contribution in [3.63, 3.8) is 0 Å². The number of carbonyl (C=O) groups is 3. The van der Waals surface area contributed by atoms with Gasteiger partial charge in [0.1, 0.15) is 6.04 Å². The Labute approximate surface area is 225 Å². The van der Waals surface area contributed by atoms with Gasteiger partial charge in [0.25, 0.3) is 0 Å². The summed E-state index contributed by atoms with van der Waals surface area (Å²) in [6.45, 7) is 2.53. The number of hydrogen-bond acceptors (Lipinski definition) is 3. The Morgan fingerprint density at radius 2 is 1.16 bits per heavy atom. The Hall–Kier alpha value is -2.37. The standard InChI is InChI=1S/C31H52N2O4/c1-2-3-4-5-6-7-8-9-10-11-12-13-14-15-16-20-24-28(34)33-30(27-22-18-17-19-23-27)31(37)32-26-21-25-29(35)36/h17-19,22-23,30H,2-16,20-21,24-26H2,1H3,(H,32,37)(H,33,34)(H,35,36). The van der Waals surface area contributed by atoms with E-state index in [2.05, 4.69) is 17.6 Å². The highest BCUT2D eigenvalue weighted by atomic mass is 16.4. The Bertz CT molecular complexity index is 723. The van der Waals surface area contributed by atoms with Crippen LogP contribution in [0.25, 0.3) is 0 Å². The van der Waals surface area contributed by atoms with E-state index in [1.807, 2.05) is 30.3 Å². The normalized spacial score (nSPS) is 11.7. The third-order valence-corrected chi connectivity index (χ3v) is 6.82. The molecule has 0 aliphatic heterocycles. The van der Waals surface area contributed by atoms with E-state index in [0.29, 0.717) is 12.8 Å². The van der Waals surface area contributed by atoms with Crippen LogP contribution in [0.15, 0.2) is 30.3 Å². The first-order valence-electron chi connectivity index (χ1n) is 14.9. The van der Waals surface area contributed by atoms with Gasteiger partial charge in [0.15, 0.2) is 0 Å². The molecule has 0 fully saturated rings. The maximum absolute atomic E-state index is 12.7. The van der Waals surface area contributed by atoms with Crippen LogP contribution in [0, 0.1) is 0 Å². The van der Waals surface area contributed by atoms with E-state index in [1.165, 1.54) is 83.5 Å². The number of benzene rings is 1. The Morgan fingerprint density at radius 3 is 1.65 bits per heavy atom. The second-order valence-corrected chi connectivity index (χ2v) is 10.3. The van der Waals surface area contributed by atoms with Gasteiger partial charge >= 0.3 is 5.97 Å².